The Bertz CT molecular complexity index is 339. The lowest BCUT2D eigenvalue weighted by Gasteiger charge is -2.14. The van der Waals surface area contributed by atoms with Crippen LogP contribution in [-0.2, 0) is 0 Å². The zero-order valence-corrected chi connectivity index (χ0v) is 8.20. The van der Waals surface area contributed by atoms with Gasteiger partial charge in [-0.15, -0.1) is 0 Å². The maximum Gasteiger partial charge on any atom is 0.170 e. The van der Waals surface area contributed by atoms with E-state index in [-0.39, 0.29) is 23.3 Å². The summed E-state index contributed by atoms with van der Waals surface area (Å²) in [6.45, 7) is 3.41. The van der Waals surface area contributed by atoms with Crippen molar-refractivity contribution in [3.05, 3.63) is 29.8 Å². The van der Waals surface area contributed by atoms with Gasteiger partial charge in [-0.3, -0.25) is 9.78 Å². The number of ketones is 1. The van der Waals surface area contributed by atoms with Gasteiger partial charge in [-0.2, -0.15) is 0 Å². The highest BCUT2D eigenvalue weighted by Crippen LogP contribution is 2.13. The van der Waals surface area contributed by atoms with Crippen LogP contribution in [0.4, 0.5) is 4.39 Å². The SMILES string of the molecule is CC(N)C(C)C(=O)c1ccncc1F. The van der Waals surface area contributed by atoms with Crippen molar-refractivity contribution in [2.75, 3.05) is 0 Å². The van der Waals surface area contributed by atoms with Crippen molar-refractivity contribution in [3.8, 4) is 0 Å². The van der Waals surface area contributed by atoms with Crippen LogP contribution in [0.15, 0.2) is 18.5 Å². The fourth-order valence-corrected chi connectivity index (χ4v) is 1.06. The van der Waals surface area contributed by atoms with Gasteiger partial charge >= 0.3 is 0 Å². The minimum absolute atomic E-state index is 0.0600. The van der Waals surface area contributed by atoms with Crippen LogP contribution in [0.2, 0.25) is 0 Å². The van der Waals surface area contributed by atoms with Crippen LogP contribution in [0.1, 0.15) is 24.2 Å². The molecule has 0 aliphatic heterocycles. The van der Waals surface area contributed by atoms with E-state index in [0.717, 1.165) is 6.20 Å². The maximum atomic E-state index is 13.1. The van der Waals surface area contributed by atoms with Crippen LogP contribution in [0.25, 0.3) is 0 Å². The third kappa shape index (κ3) is 2.14. The van der Waals surface area contributed by atoms with Crippen molar-refractivity contribution in [3.63, 3.8) is 0 Å². The average molecular weight is 196 g/mol. The summed E-state index contributed by atoms with van der Waals surface area (Å²) in [6, 6.07) is 1.09. The zero-order chi connectivity index (χ0) is 10.7. The van der Waals surface area contributed by atoms with Crippen molar-refractivity contribution in [2.24, 2.45) is 11.7 Å². The number of hydrogen-bond acceptors (Lipinski definition) is 3. The molecule has 0 aliphatic rings. The highest BCUT2D eigenvalue weighted by molar-refractivity contribution is 5.98. The first-order valence-electron chi connectivity index (χ1n) is 4.43. The fraction of sp³-hybridized carbons (Fsp3) is 0.400. The summed E-state index contributed by atoms with van der Waals surface area (Å²) in [6.07, 6.45) is 2.42. The molecule has 4 heteroatoms. The molecule has 76 valence electrons. The normalized spacial score (nSPS) is 14.9. The predicted octanol–water partition coefficient (Wildman–Crippen LogP) is 1.39. The summed E-state index contributed by atoms with van der Waals surface area (Å²) in [5, 5.41) is 0. The van der Waals surface area contributed by atoms with E-state index in [1.807, 2.05) is 0 Å². The van der Waals surface area contributed by atoms with E-state index >= 15 is 0 Å². The molecule has 0 fully saturated rings. The Kier molecular flexibility index (Phi) is 3.30. The van der Waals surface area contributed by atoms with Crippen LogP contribution >= 0.6 is 0 Å². The number of carbonyl (C=O) groups excluding carboxylic acids is 1. The topological polar surface area (TPSA) is 56.0 Å². The molecule has 0 amide bonds. The third-order valence-corrected chi connectivity index (χ3v) is 2.24. The number of pyridine rings is 1. The standard InChI is InChI=1S/C10H13FN2O/c1-6(7(2)12)10(14)8-3-4-13-5-9(8)11/h3-7H,12H2,1-2H3. The maximum absolute atomic E-state index is 13.1. The van der Waals surface area contributed by atoms with Crippen molar-refractivity contribution in [1.29, 1.82) is 0 Å². The second-order valence-electron chi connectivity index (χ2n) is 3.37. The molecule has 1 aromatic heterocycles. The van der Waals surface area contributed by atoms with Gasteiger partial charge in [0, 0.05) is 18.2 Å². The summed E-state index contributed by atoms with van der Waals surface area (Å²) >= 11 is 0. The van der Waals surface area contributed by atoms with Crippen molar-refractivity contribution in [2.45, 2.75) is 19.9 Å². The van der Waals surface area contributed by atoms with Gasteiger partial charge in [-0.1, -0.05) is 6.92 Å². The monoisotopic (exact) mass is 196 g/mol. The Hall–Kier alpha value is -1.29. The van der Waals surface area contributed by atoms with Gasteiger partial charge in [0.1, 0.15) is 0 Å². The Morgan fingerprint density at radius 3 is 2.71 bits per heavy atom. The fourth-order valence-electron chi connectivity index (χ4n) is 1.06. The first-order chi connectivity index (χ1) is 6.54. The molecule has 14 heavy (non-hydrogen) atoms. The molecule has 0 saturated heterocycles. The van der Waals surface area contributed by atoms with Crippen LogP contribution in [0.5, 0.6) is 0 Å². The second-order valence-corrected chi connectivity index (χ2v) is 3.37. The van der Waals surface area contributed by atoms with Crippen LogP contribution in [0.3, 0.4) is 0 Å². The Labute approximate surface area is 82.1 Å². The minimum atomic E-state index is -0.593. The number of rotatable bonds is 3. The lowest BCUT2D eigenvalue weighted by Crippen LogP contribution is -2.31. The molecule has 1 aromatic rings. The van der Waals surface area contributed by atoms with Crippen molar-refractivity contribution in [1.82, 2.24) is 4.98 Å². The van der Waals surface area contributed by atoms with Gasteiger partial charge in [-0.25, -0.2) is 4.39 Å². The van der Waals surface area contributed by atoms with Gasteiger partial charge in [-0.05, 0) is 13.0 Å². The van der Waals surface area contributed by atoms with Gasteiger partial charge in [0.15, 0.2) is 11.6 Å². The van der Waals surface area contributed by atoms with E-state index in [1.54, 1.807) is 13.8 Å². The quantitative estimate of drug-likeness (QED) is 0.743. The first kappa shape index (κ1) is 10.8. The molecule has 1 heterocycles. The third-order valence-electron chi connectivity index (χ3n) is 2.24. The highest BCUT2D eigenvalue weighted by atomic mass is 19.1. The number of hydrogen-bond donors (Lipinski definition) is 1. The number of nitrogens with zero attached hydrogens (tertiary/aromatic N) is 1. The molecule has 0 saturated carbocycles. The lowest BCUT2D eigenvalue weighted by molar-refractivity contribution is 0.0913. The molecule has 2 atom stereocenters. The number of nitrogens with two attached hydrogens (primary N) is 1. The van der Waals surface area contributed by atoms with Crippen molar-refractivity contribution >= 4 is 5.78 Å². The zero-order valence-electron chi connectivity index (χ0n) is 8.20. The molecule has 2 unspecified atom stereocenters. The van der Waals surface area contributed by atoms with Gasteiger partial charge in [0.2, 0.25) is 0 Å². The Morgan fingerprint density at radius 1 is 1.57 bits per heavy atom. The Morgan fingerprint density at radius 2 is 2.21 bits per heavy atom. The van der Waals surface area contributed by atoms with E-state index in [9.17, 15) is 9.18 Å². The van der Waals surface area contributed by atoms with E-state index in [4.69, 9.17) is 5.73 Å². The molecule has 3 nitrogen and oxygen atoms in total. The van der Waals surface area contributed by atoms with E-state index in [1.165, 1.54) is 12.3 Å². The molecule has 0 spiro atoms. The number of Topliss-reactive ketones (excluding diaryl/α,β-unsaturated/α-hetero) is 1. The van der Waals surface area contributed by atoms with Crippen LogP contribution < -0.4 is 5.73 Å². The molecule has 0 aromatic carbocycles. The van der Waals surface area contributed by atoms with E-state index < -0.39 is 5.82 Å². The average Bonchev–Trinajstić information content (AvgIpc) is 2.16. The van der Waals surface area contributed by atoms with Gasteiger partial charge in [0.05, 0.1) is 11.8 Å². The predicted molar refractivity (Wildman–Crippen MR) is 51.3 cm³/mol. The highest BCUT2D eigenvalue weighted by Gasteiger charge is 2.21. The van der Waals surface area contributed by atoms with E-state index in [2.05, 4.69) is 4.98 Å². The Balaban J connectivity index is 2.95. The molecule has 0 aliphatic carbocycles. The summed E-state index contributed by atoms with van der Waals surface area (Å²) in [5.41, 5.74) is 5.63. The summed E-state index contributed by atoms with van der Waals surface area (Å²) < 4.78 is 13.1. The number of halogens is 1. The molecule has 1 rings (SSSR count). The molecule has 0 radical (unpaired) electrons. The largest absolute Gasteiger partial charge is 0.327 e. The molecule has 0 bridgehead atoms. The second kappa shape index (κ2) is 4.28. The van der Waals surface area contributed by atoms with Crippen molar-refractivity contribution < 1.29 is 9.18 Å². The minimum Gasteiger partial charge on any atom is -0.327 e. The van der Waals surface area contributed by atoms with E-state index in [0.29, 0.717) is 0 Å². The summed E-state index contributed by atoms with van der Waals surface area (Å²) in [7, 11) is 0. The summed E-state index contributed by atoms with van der Waals surface area (Å²) in [5.74, 6) is -1.25. The smallest absolute Gasteiger partial charge is 0.170 e. The first-order valence-corrected chi connectivity index (χ1v) is 4.43. The lowest BCUT2D eigenvalue weighted by atomic mass is 9.94. The molecular formula is C10H13FN2O. The molecular weight excluding hydrogens is 183 g/mol. The number of aromatic nitrogens is 1. The summed E-state index contributed by atoms with van der Waals surface area (Å²) in [4.78, 5) is 15.2. The van der Waals surface area contributed by atoms with Gasteiger partial charge in [0.25, 0.3) is 0 Å². The van der Waals surface area contributed by atoms with Gasteiger partial charge < -0.3 is 5.73 Å². The van der Waals surface area contributed by atoms with Crippen LogP contribution in [0, 0.1) is 11.7 Å². The number of carbonyl (C=O) groups is 1. The van der Waals surface area contributed by atoms with Crippen LogP contribution in [-0.4, -0.2) is 16.8 Å². The molecule has 2 N–H and O–H groups in total.